The molecule has 6 heteroatoms. The standard InChI is InChI=1S/C15H19ClN4O/c1-20(2)13(11-5-4-6-12(9-11)21-3)10-18-14-7-8-17-15(16)19-14/h4-9,13H,10H2,1-3H3,(H,17,18,19). The molecule has 0 bridgehead atoms. The maximum absolute atomic E-state index is 5.79. The van der Waals surface area contributed by atoms with Gasteiger partial charge < -0.3 is 15.0 Å². The summed E-state index contributed by atoms with van der Waals surface area (Å²) in [6.07, 6.45) is 1.63. The molecular formula is C15H19ClN4O. The molecule has 2 rings (SSSR count). The van der Waals surface area contributed by atoms with Gasteiger partial charge in [0.25, 0.3) is 0 Å². The number of hydrogen-bond acceptors (Lipinski definition) is 5. The van der Waals surface area contributed by atoms with Crippen LogP contribution in [-0.4, -0.2) is 42.6 Å². The lowest BCUT2D eigenvalue weighted by Crippen LogP contribution is -2.27. The normalized spacial score (nSPS) is 12.2. The van der Waals surface area contributed by atoms with Crippen molar-refractivity contribution in [1.82, 2.24) is 14.9 Å². The number of nitrogens with one attached hydrogen (secondary N) is 1. The van der Waals surface area contributed by atoms with Crippen LogP contribution in [0.4, 0.5) is 5.82 Å². The molecule has 1 N–H and O–H groups in total. The van der Waals surface area contributed by atoms with Crippen LogP contribution < -0.4 is 10.1 Å². The maximum atomic E-state index is 5.79. The highest BCUT2D eigenvalue weighted by molar-refractivity contribution is 6.28. The summed E-state index contributed by atoms with van der Waals surface area (Å²) in [5.74, 6) is 1.56. The van der Waals surface area contributed by atoms with Crippen molar-refractivity contribution in [3.63, 3.8) is 0 Å². The molecule has 1 aromatic carbocycles. The summed E-state index contributed by atoms with van der Waals surface area (Å²) in [5.41, 5.74) is 1.17. The Hall–Kier alpha value is -1.85. The number of methoxy groups -OCH3 is 1. The number of halogens is 1. The molecule has 0 radical (unpaired) electrons. The molecule has 0 saturated carbocycles. The van der Waals surface area contributed by atoms with Crippen molar-refractivity contribution < 1.29 is 4.74 Å². The van der Waals surface area contributed by atoms with Crippen molar-refractivity contribution in [3.05, 3.63) is 47.4 Å². The quantitative estimate of drug-likeness (QED) is 0.832. The fourth-order valence-electron chi connectivity index (χ4n) is 2.08. The van der Waals surface area contributed by atoms with E-state index in [0.29, 0.717) is 12.4 Å². The number of hydrogen-bond donors (Lipinski definition) is 1. The topological polar surface area (TPSA) is 50.3 Å². The maximum Gasteiger partial charge on any atom is 0.224 e. The van der Waals surface area contributed by atoms with E-state index in [1.54, 1.807) is 19.4 Å². The predicted molar refractivity (Wildman–Crippen MR) is 85.0 cm³/mol. The number of benzene rings is 1. The lowest BCUT2D eigenvalue weighted by atomic mass is 10.1. The molecular weight excluding hydrogens is 288 g/mol. The summed E-state index contributed by atoms with van der Waals surface area (Å²) < 4.78 is 5.29. The first kappa shape index (κ1) is 15.5. The first-order valence-electron chi connectivity index (χ1n) is 6.63. The number of aromatic nitrogens is 2. The van der Waals surface area contributed by atoms with Crippen LogP contribution in [0.2, 0.25) is 5.28 Å². The van der Waals surface area contributed by atoms with E-state index in [9.17, 15) is 0 Å². The van der Waals surface area contributed by atoms with Crippen LogP contribution in [0.15, 0.2) is 36.5 Å². The summed E-state index contributed by atoms with van der Waals surface area (Å²) in [7, 11) is 5.75. The summed E-state index contributed by atoms with van der Waals surface area (Å²) in [5, 5.41) is 3.52. The van der Waals surface area contributed by atoms with E-state index in [0.717, 1.165) is 5.75 Å². The molecule has 0 fully saturated rings. The second kappa shape index (κ2) is 7.24. The zero-order valence-electron chi connectivity index (χ0n) is 12.4. The molecule has 2 aromatic rings. The third-order valence-corrected chi connectivity index (χ3v) is 3.39. The van der Waals surface area contributed by atoms with Gasteiger partial charge in [-0.05, 0) is 49.5 Å². The molecule has 1 atom stereocenters. The molecule has 0 amide bonds. The minimum absolute atomic E-state index is 0.189. The zero-order valence-corrected chi connectivity index (χ0v) is 13.1. The van der Waals surface area contributed by atoms with Crippen molar-refractivity contribution in [2.45, 2.75) is 6.04 Å². The first-order chi connectivity index (χ1) is 10.1. The molecule has 21 heavy (non-hydrogen) atoms. The van der Waals surface area contributed by atoms with Gasteiger partial charge in [-0.15, -0.1) is 0 Å². The third-order valence-electron chi connectivity index (χ3n) is 3.20. The number of anilines is 1. The molecule has 0 spiro atoms. The highest BCUT2D eigenvalue weighted by Crippen LogP contribution is 2.23. The minimum atomic E-state index is 0.189. The van der Waals surface area contributed by atoms with Gasteiger partial charge in [-0.2, -0.15) is 0 Å². The monoisotopic (exact) mass is 306 g/mol. The number of likely N-dealkylation sites (N-methyl/N-ethyl adjacent to an activating group) is 1. The average Bonchev–Trinajstić information content (AvgIpc) is 2.47. The van der Waals surface area contributed by atoms with E-state index in [2.05, 4.69) is 26.3 Å². The Morgan fingerprint density at radius 1 is 1.33 bits per heavy atom. The summed E-state index contributed by atoms with van der Waals surface area (Å²) in [4.78, 5) is 10.1. The van der Waals surface area contributed by atoms with Crippen LogP contribution in [-0.2, 0) is 0 Å². The van der Waals surface area contributed by atoms with E-state index in [1.165, 1.54) is 5.56 Å². The molecule has 1 aromatic heterocycles. The highest BCUT2D eigenvalue weighted by Gasteiger charge is 2.15. The second-order valence-corrected chi connectivity index (χ2v) is 5.19. The Bertz CT molecular complexity index is 591. The van der Waals surface area contributed by atoms with Crippen LogP contribution in [0.3, 0.4) is 0 Å². The van der Waals surface area contributed by atoms with E-state index in [1.807, 2.05) is 32.3 Å². The molecule has 0 saturated heterocycles. The van der Waals surface area contributed by atoms with Gasteiger partial charge >= 0.3 is 0 Å². The van der Waals surface area contributed by atoms with Gasteiger partial charge in [0.2, 0.25) is 5.28 Å². The van der Waals surface area contributed by atoms with Crippen molar-refractivity contribution in [3.8, 4) is 5.75 Å². The van der Waals surface area contributed by atoms with Crippen LogP contribution in [0.5, 0.6) is 5.75 Å². The lowest BCUT2D eigenvalue weighted by Gasteiger charge is -2.25. The first-order valence-corrected chi connectivity index (χ1v) is 7.00. The number of ether oxygens (including phenoxy) is 1. The van der Waals surface area contributed by atoms with Gasteiger partial charge in [0, 0.05) is 12.7 Å². The van der Waals surface area contributed by atoms with Crippen LogP contribution in [0, 0.1) is 0 Å². The molecule has 0 aliphatic rings. The molecule has 1 heterocycles. The smallest absolute Gasteiger partial charge is 0.224 e. The van der Waals surface area contributed by atoms with Gasteiger partial charge in [0.15, 0.2) is 0 Å². The lowest BCUT2D eigenvalue weighted by molar-refractivity contribution is 0.310. The van der Waals surface area contributed by atoms with Gasteiger partial charge in [-0.25, -0.2) is 9.97 Å². The molecule has 1 unspecified atom stereocenters. The van der Waals surface area contributed by atoms with Gasteiger partial charge in [0.1, 0.15) is 11.6 Å². The Kier molecular flexibility index (Phi) is 5.36. The van der Waals surface area contributed by atoms with Crippen molar-refractivity contribution in [1.29, 1.82) is 0 Å². The molecule has 112 valence electrons. The number of nitrogens with zero attached hydrogens (tertiary/aromatic N) is 3. The summed E-state index contributed by atoms with van der Waals surface area (Å²) >= 11 is 5.79. The van der Waals surface area contributed by atoms with Gasteiger partial charge in [0.05, 0.1) is 13.2 Å². The fourth-order valence-corrected chi connectivity index (χ4v) is 2.23. The van der Waals surface area contributed by atoms with Crippen molar-refractivity contribution in [2.24, 2.45) is 0 Å². The SMILES string of the molecule is COc1cccc(C(CNc2ccnc(Cl)n2)N(C)C)c1. The third kappa shape index (κ3) is 4.31. The summed E-state index contributed by atoms with van der Waals surface area (Å²) in [6.45, 7) is 0.702. The summed E-state index contributed by atoms with van der Waals surface area (Å²) in [6, 6.07) is 10.0. The molecule has 0 aliphatic carbocycles. The van der Waals surface area contributed by atoms with E-state index in [-0.39, 0.29) is 11.3 Å². The Morgan fingerprint density at radius 2 is 2.14 bits per heavy atom. The highest BCUT2D eigenvalue weighted by atomic mass is 35.5. The van der Waals surface area contributed by atoms with Crippen LogP contribution >= 0.6 is 11.6 Å². The predicted octanol–water partition coefficient (Wildman–Crippen LogP) is 2.85. The second-order valence-electron chi connectivity index (χ2n) is 4.85. The Morgan fingerprint density at radius 3 is 2.81 bits per heavy atom. The zero-order chi connectivity index (χ0) is 15.2. The molecule has 0 aliphatic heterocycles. The van der Waals surface area contributed by atoms with Crippen molar-refractivity contribution in [2.75, 3.05) is 33.1 Å². The average molecular weight is 307 g/mol. The fraction of sp³-hybridized carbons (Fsp3) is 0.333. The van der Waals surface area contributed by atoms with E-state index in [4.69, 9.17) is 16.3 Å². The van der Waals surface area contributed by atoms with Crippen LogP contribution in [0.1, 0.15) is 11.6 Å². The van der Waals surface area contributed by atoms with Crippen molar-refractivity contribution >= 4 is 17.4 Å². The minimum Gasteiger partial charge on any atom is -0.497 e. The largest absolute Gasteiger partial charge is 0.497 e. The van der Waals surface area contributed by atoms with Gasteiger partial charge in [-0.3, -0.25) is 0 Å². The number of rotatable bonds is 6. The Balaban J connectivity index is 2.12. The molecule has 5 nitrogen and oxygen atoms in total. The van der Waals surface area contributed by atoms with Crippen LogP contribution in [0.25, 0.3) is 0 Å². The van der Waals surface area contributed by atoms with E-state index >= 15 is 0 Å². The Labute approximate surface area is 129 Å². The van der Waals surface area contributed by atoms with Gasteiger partial charge in [-0.1, -0.05) is 12.1 Å². The van der Waals surface area contributed by atoms with E-state index < -0.39 is 0 Å².